The Morgan fingerprint density at radius 2 is 0.763 bits per heavy atom. The summed E-state index contributed by atoms with van der Waals surface area (Å²) in [6.07, 6.45) is 0. The molecular weight excluding hydrogens is 711 g/mol. The first-order chi connectivity index (χ1) is 29.0. The molecule has 0 saturated carbocycles. The highest BCUT2D eigenvalue weighted by Crippen LogP contribution is 2.59. The van der Waals surface area contributed by atoms with Gasteiger partial charge >= 0.3 is 0 Å². The molecule has 0 amide bonds. The van der Waals surface area contributed by atoms with Gasteiger partial charge in [-0.3, -0.25) is 0 Å². The molecule has 0 unspecified atom stereocenters. The fourth-order valence-corrected chi connectivity index (χ4v) is 10.2. The van der Waals surface area contributed by atoms with E-state index in [1.807, 2.05) is 0 Å². The molecule has 0 fully saturated rings. The van der Waals surface area contributed by atoms with E-state index in [0.29, 0.717) is 0 Å². The zero-order valence-electron chi connectivity index (χ0n) is 33.3. The van der Waals surface area contributed by atoms with Crippen molar-refractivity contribution in [1.29, 1.82) is 0 Å². The summed E-state index contributed by atoms with van der Waals surface area (Å²) in [7, 11) is 0. The lowest BCUT2D eigenvalue weighted by molar-refractivity contribution is 0.660. The minimum Gasteiger partial charge on any atom is -0.310 e. The monoisotopic (exact) mass is 753 g/mol. The van der Waals surface area contributed by atoms with E-state index in [-0.39, 0.29) is 5.41 Å². The van der Waals surface area contributed by atoms with E-state index in [4.69, 9.17) is 0 Å². The third-order valence-electron chi connectivity index (χ3n) is 13.0. The van der Waals surface area contributed by atoms with E-state index in [1.165, 1.54) is 77.9 Å². The molecule has 0 N–H and O–H groups in total. The summed E-state index contributed by atoms with van der Waals surface area (Å²) < 4.78 is 0. The topological polar surface area (TPSA) is 3.24 Å². The van der Waals surface area contributed by atoms with Gasteiger partial charge in [0.1, 0.15) is 0 Å². The lowest BCUT2D eigenvalue weighted by Crippen LogP contribution is -2.30. The molecule has 1 nitrogen and oxygen atoms in total. The van der Waals surface area contributed by atoms with E-state index in [0.717, 1.165) is 17.1 Å². The Kier molecular flexibility index (Phi) is 8.13. The number of para-hydroxylation sites is 1. The average Bonchev–Trinajstić information content (AvgIpc) is 3.73. The third kappa shape index (κ3) is 5.39. The van der Waals surface area contributed by atoms with Crippen molar-refractivity contribution in [2.24, 2.45) is 0 Å². The molecule has 0 radical (unpaired) electrons. The van der Waals surface area contributed by atoms with Crippen LogP contribution in [0.3, 0.4) is 0 Å². The molecule has 59 heavy (non-hydrogen) atoms. The minimum absolute atomic E-state index is 0.144. The minimum atomic E-state index is -0.562. The van der Waals surface area contributed by atoms with Crippen LogP contribution in [0.4, 0.5) is 17.1 Å². The largest absolute Gasteiger partial charge is 0.310 e. The number of anilines is 3. The van der Waals surface area contributed by atoms with Crippen molar-refractivity contribution in [3.05, 3.63) is 258 Å². The molecule has 0 bridgehead atoms. The first kappa shape index (κ1) is 35.0. The third-order valence-corrected chi connectivity index (χ3v) is 13.0. The van der Waals surface area contributed by atoms with Crippen molar-refractivity contribution in [1.82, 2.24) is 0 Å². The van der Waals surface area contributed by atoms with E-state index in [1.54, 1.807) is 0 Å². The molecule has 0 heterocycles. The maximum atomic E-state index is 2.51. The van der Waals surface area contributed by atoms with E-state index in [2.05, 4.69) is 243 Å². The number of nitrogens with zero attached hydrogens (tertiary/aromatic N) is 1. The van der Waals surface area contributed by atoms with Gasteiger partial charge in [0.25, 0.3) is 0 Å². The van der Waals surface area contributed by atoms with Gasteiger partial charge < -0.3 is 4.90 Å². The summed E-state index contributed by atoms with van der Waals surface area (Å²) in [5, 5.41) is 0. The van der Waals surface area contributed by atoms with Crippen molar-refractivity contribution in [3.8, 4) is 44.5 Å². The zero-order chi connectivity index (χ0) is 39.6. The van der Waals surface area contributed by atoms with Crippen molar-refractivity contribution in [2.45, 2.75) is 24.7 Å². The standard InChI is InChI=1S/C58H43N/c1-57(2)51-27-12-9-24-47(51)50-37-36-46(39-55(50)57)59(45-34-32-41(33-35-45)43-21-17-20-42(38-43)40-18-5-3-6-19-40)56-31-16-15-30-54(56)58(44-22-7-4-8-23-44)52-28-13-10-25-48(52)49-26-11-14-29-53(49)58/h3-39H,1-2H3. The van der Waals surface area contributed by atoms with Crippen LogP contribution in [0.15, 0.2) is 224 Å². The van der Waals surface area contributed by atoms with Gasteiger partial charge in [-0.1, -0.05) is 202 Å². The fourth-order valence-electron chi connectivity index (χ4n) is 10.2. The Labute approximate surface area is 347 Å². The number of hydrogen-bond acceptors (Lipinski definition) is 1. The molecule has 11 rings (SSSR count). The highest BCUT2D eigenvalue weighted by molar-refractivity contribution is 5.92. The van der Waals surface area contributed by atoms with Gasteiger partial charge in [-0.2, -0.15) is 0 Å². The second-order valence-corrected chi connectivity index (χ2v) is 16.5. The van der Waals surface area contributed by atoms with Crippen molar-refractivity contribution >= 4 is 17.1 Å². The first-order valence-corrected chi connectivity index (χ1v) is 20.7. The molecule has 0 aliphatic heterocycles. The first-order valence-electron chi connectivity index (χ1n) is 20.7. The van der Waals surface area contributed by atoms with Gasteiger partial charge in [0.15, 0.2) is 0 Å². The van der Waals surface area contributed by atoms with Crippen LogP contribution < -0.4 is 4.90 Å². The predicted octanol–water partition coefficient (Wildman–Crippen LogP) is 15.2. The van der Waals surface area contributed by atoms with Crippen molar-refractivity contribution < 1.29 is 0 Å². The lowest BCUT2D eigenvalue weighted by Gasteiger charge is -2.38. The maximum Gasteiger partial charge on any atom is 0.0733 e. The molecule has 9 aromatic carbocycles. The maximum absolute atomic E-state index is 2.51. The van der Waals surface area contributed by atoms with E-state index in [9.17, 15) is 0 Å². The SMILES string of the molecule is CC1(C)c2ccccc2-c2ccc(N(c3ccc(-c4cccc(-c5ccccc5)c4)cc3)c3ccccc3C3(c4ccccc4)c4ccccc4-c4ccccc43)cc21. The van der Waals surface area contributed by atoms with Crippen LogP contribution in [0.2, 0.25) is 0 Å². The highest BCUT2D eigenvalue weighted by atomic mass is 15.1. The molecule has 9 aromatic rings. The Morgan fingerprint density at radius 1 is 0.305 bits per heavy atom. The lowest BCUT2D eigenvalue weighted by atomic mass is 9.67. The number of fused-ring (bicyclic) bond motifs is 6. The van der Waals surface area contributed by atoms with E-state index < -0.39 is 5.41 Å². The van der Waals surface area contributed by atoms with Crippen LogP contribution in [0.1, 0.15) is 47.2 Å². The summed E-state index contributed by atoms with van der Waals surface area (Å²) in [5.41, 5.74) is 20.6. The van der Waals surface area contributed by atoms with Crippen molar-refractivity contribution in [2.75, 3.05) is 4.90 Å². The molecule has 0 saturated heterocycles. The number of hydrogen-bond donors (Lipinski definition) is 0. The summed E-state index contributed by atoms with van der Waals surface area (Å²) in [6.45, 7) is 4.74. The normalized spacial score (nSPS) is 13.9. The van der Waals surface area contributed by atoms with Gasteiger partial charge in [-0.15, -0.1) is 0 Å². The van der Waals surface area contributed by atoms with Crippen LogP contribution in [0.25, 0.3) is 44.5 Å². The molecule has 0 aromatic heterocycles. The Bertz CT molecular complexity index is 2970. The summed E-state index contributed by atoms with van der Waals surface area (Å²) >= 11 is 0. The molecule has 2 aliphatic carbocycles. The van der Waals surface area contributed by atoms with Crippen LogP contribution in [0, 0.1) is 0 Å². The van der Waals surface area contributed by atoms with Gasteiger partial charge in [-0.05, 0) is 114 Å². The Morgan fingerprint density at radius 3 is 1.41 bits per heavy atom. The molecule has 1 heteroatoms. The second kappa shape index (κ2) is 13.7. The van der Waals surface area contributed by atoms with Gasteiger partial charge in [-0.25, -0.2) is 0 Å². The van der Waals surface area contributed by atoms with Gasteiger partial charge in [0, 0.05) is 16.8 Å². The highest BCUT2D eigenvalue weighted by Gasteiger charge is 2.47. The summed E-state index contributed by atoms with van der Waals surface area (Å²) in [5.74, 6) is 0. The van der Waals surface area contributed by atoms with Crippen LogP contribution in [-0.4, -0.2) is 0 Å². The average molecular weight is 754 g/mol. The number of benzene rings is 9. The van der Waals surface area contributed by atoms with Crippen LogP contribution in [-0.2, 0) is 10.8 Å². The molecule has 2 aliphatic rings. The van der Waals surface area contributed by atoms with Crippen LogP contribution >= 0.6 is 0 Å². The summed E-state index contributed by atoms with van der Waals surface area (Å²) in [4.78, 5) is 2.51. The molecular formula is C58H43N. The zero-order valence-corrected chi connectivity index (χ0v) is 33.3. The molecule has 0 atom stereocenters. The Hall–Kier alpha value is -7.22. The fraction of sp³-hybridized carbons (Fsp3) is 0.0690. The summed E-state index contributed by atoms with van der Waals surface area (Å²) in [6, 6.07) is 83.0. The molecule has 0 spiro atoms. The Balaban J connectivity index is 1.14. The second-order valence-electron chi connectivity index (χ2n) is 16.5. The molecule has 280 valence electrons. The van der Waals surface area contributed by atoms with Crippen molar-refractivity contribution in [3.63, 3.8) is 0 Å². The van der Waals surface area contributed by atoms with E-state index >= 15 is 0 Å². The number of rotatable bonds is 7. The smallest absolute Gasteiger partial charge is 0.0733 e. The van der Waals surface area contributed by atoms with Crippen LogP contribution in [0.5, 0.6) is 0 Å². The van der Waals surface area contributed by atoms with Gasteiger partial charge in [0.05, 0.1) is 11.1 Å². The predicted molar refractivity (Wildman–Crippen MR) is 247 cm³/mol. The van der Waals surface area contributed by atoms with Gasteiger partial charge in [0.2, 0.25) is 0 Å². The quantitative estimate of drug-likeness (QED) is 0.157.